The van der Waals surface area contributed by atoms with Gasteiger partial charge in [0.2, 0.25) is 5.91 Å². The Morgan fingerprint density at radius 3 is 0.873 bits per heavy atom. The minimum Gasteiger partial charge on any atom is -0.394 e. The second kappa shape index (κ2) is 46.0. The lowest BCUT2D eigenvalue weighted by atomic mass is 10.0. The largest absolute Gasteiger partial charge is 0.394 e. The van der Waals surface area contributed by atoms with E-state index in [0.29, 0.717) is 12.8 Å². The molecule has 4 N–H and O–H groups in total. The number of carbonyl (C=O) groups is 1. The topological polar surface area (TPSA) is 89.8 Å². The van der Waals surface area contributed by atoms with Crippen molar-refractivity contribution < 1.29 is 20.1 Å². The molecule has 0 rings (SSSR count). The Morgan fingerprint density at radius 2 is 0.618 bits per heavy atom. The number of aliphatic hydroxyl groups excluding tert-OH is 3. The van der Waals surface area contributed by atoms with E-state index in [4.69, 9.17) is 0 Å². The van der Waals surface area contributed by atoms with E-state index in [9.17, 15) is 20.1 Å². The maximum Gasteiger partial charge on any atom is 0.222 e. The minimum atomic E-state index is -0.744. The van der Waals surface area contributed by atoms with Crippen molar-refractivity contribution in [3.8, 4) is 0 Å². The molecule has 0 aromatic rings. The van der Waals surface area contributed by atoms with Crippen LogP contribution in [0.3, 0.4) is 0 Å². The molecule has 0 spiro atoms. The van der Waals surface area contributed by atoms with Gasteiger partial charge in [-0.1, -0.05) is 271 Å². The Morgan fingerprint density at radius 1 is 0.382 bits per heavy atom. The molecular formula is C50H101NO4. The molecule has 5 heteroatoms. The summed E-state index contributed by atoms with van der Waals surface area (Å²) < 4.78 is 0. The Hall–Kier alpha value is -0.650. The van der Waals surface area contributed by atoms with Crippen molar-refractivity contribution in [1.82, 2.24) is 5.32 Å². The van der Waals surface area contributed by atoms with Crippen LogP contribution in [0.1, 0.15) is 290 Å². The molecule has 3 unspecified atom stereocenters. The molecule has 0 saturated carbocycles. The molecule has 0 saturated heterocycles. The van der Waals surface area contributed by atoms with Crippen molar-refractivity contribution >= 4 is 5.91 Å². The summed E-state index contributed by atoms with van der Waals surface area (Å²) in [6, 6.07) is -0.653. The first-order valence-corrected chi connectivity index (χ1v) is 25.3. The van der Waals surface area contributed by atoms with Gasteiger partial charge in [0.05, 0.1) is 31.3 Å². The highest BCUT2D eigenvalue weighted by Gasteiger charge is 2.21. The zero-order valence-corrected chi connectivity index (χ0v) is 37.6. The SMILES string of the molecule is CCCCCCCCCCCCCCCCCCCCCCCCCC(O)C(CO)NC(=O)CC(O)CCCCCCCCCCCCCCCCCCC. The highest BCUT2D eigenvalue weighted by atomic mass is 16.3. The van der Waals surface area contributed by atoms with Crippen molar-refractivity contribution in [2.75, 3.05) is 6.61 Å². The molecule has 3 atom stereocenters. The molecular weight excluding hydrogens is 679 g/mol. The van der Waals surface area contributed by atoms with Crippen molar-refractivity contribution in [2.45, 2.75) is 308 Å². The van der Waals surface area contributed by atoms with Crippen LogP contribution in [0.2, 0.25) is 0 Å². The molecule has 0 heterocycles. The fraction of sp³-hybridized carbons (Fsp3) is 0.980. The van der Waals surface area contributed by atoms with Gasteiger partial charge in [0.1, 0.15) is 0 Å². The number of amides is 1. The second-order valence-corrected chi connectivity index (χ2v) is 17.8. The summed E-state index contributed by atoms with van der Waals surface area (Å²) in [5.41, 5.74) is 0. The standard InChI is InChI=1S/C50H101NO4/c1-3-5-7-9-11-13-15-17-19-21-22-23-24-25-26-28-30-32-34-36-38-40-42-44-49(54)48(46-52)51-50(55)45-47(53)43-41-39-37-35-33-31-29-27-20-18-16-14-12-10-8-6-4-2/h47-49,52-54H,3-46H2,1-2H3,(H,51,55). The van der Waals surface area contributed by atoms with Gasteiger partial charge in [-0.05, 0) is 12.8 Å². The third-order valence-electron chi connectivity index (χ3n) is 12.2. The second-order valence-electron chi connectivity index (χ2n) is 17.8. The first-order chi connectivity index (χ1) is 27.0. The van der Waals surface area contributed by atoms with Crippen LogP contribution in [0.5, 0.6) is 0 Å². The van der Waals surface area contributed by atoms with E-state index in [0.717, 1.165) is 25.7 Å². The van der Waals surface area contributed by atoms with Gasteiger partial charge < -0.3 is 20.6 Å². The number of hydrogen-bond acceptors (Lipinski definition) is 4. The minimum absolute atomic E-state index is 0.0432. The van der Waals surface area contributed by atoms with E-state index >= 15 is 0 Å². The van der Waals surface area contributed by atoms with Crippen molar-refractivity contribution in [3.63, 3.8) is 0 Å². The average Bonchev–Trinajstić information content (AvgIpc) is 3.18. The monoisotopic (exact) mass is 780 g/mol. The number of carbonyl (C=O) groups excluding carboxylic acids is 1. The van der Waals surface area contributed by atoms with Gasteiger partial charge in [0, 0.05) is 0 Å². The van der Waals surface area contributed by atoms with E-state index < -0.39 is 18.2 Å². The number of aliphatic hydroxyl groups is 3. The fourth-order valence-electron chi connectivity index (χ4n) is 8.29. The van der Waals surface area contributed by atoms with E-state index in [1.807, 2.05) is 0 Å². The molecule has 55 heavy (non-hydrogen) atoms. The molecule has 0 aromatic heterocycles. The van der Waals surface area contributed by atoms with Crippen LogP contribution in [0, 0.1) is 0 Å². The molecule has 0 bridgehead atoms. The van der Waals surface area contributed by atoms with E-state index in [1.54, 1.807) is 0 Å². The first kappa shape index (κ1) is 54.3. The van der Waals surface area contributed by atoms with Crippen molar-refractivity contribution in [1.29, 1.82) is 0 Å². The maximum absolute atomic E-state index is 12.5. The zero-order chi connectivity index (χ0) is 40.1. The highest BCUT2D eigenvalue weighted by molar-refractivity contribution is 5.76. The predicted octanol–water partition coefficient (Wildman–Crippen LogP) is 15.0. The van der Waals surface area contributed by atoms with Crippen LogP contribution in [0.25, 0.3) is 0 Å². The van der Waals surface area contributed by atoms with Gasteiger partial charge in [-0.25, -0.2) is 0 Å². The quantitative estimate of drug-likeness (QED) is 0.0463. The van der Waals surface area contributed by atoms with Crippen LogP contribution in [0.15, 0.2) is 0 Å². The Labute approximate surface area is 345 Å². The molecule has 1 amide bonds. The van der Waals surface area contributed by atoms with Gasteiger partial charge in [0.15, 0.2) is 0 Å². The highest BCUT2D eigenvalue weighted by Crippen LogP contribution is 2.18. The smallest absolute Gasteiger partial charge is 0.222 e. The molecule has 0 fully saturated rings. The first-order valence-electron chi connectivity index (χ1n) is 25.3. The molecule has 330 valence electrons. The Kier molecular flexibility index (Phi) is 45.5. The van der Waals surface area contributed by atoms with Gasteiger partial charge in [-0.3, -0.25) is 4.79 Å². The van der Waals surface area contributed by atoms with Crippen LogP contribution in [0.4, 0.5) is 0 Å². The summed E-state index contributed by atoms with van der Waals surface area (Å²) in [4.78, 5) is 12.5. The summed E-state index contributed by atoms with van der Waals surface area (Å²) in [5.74, 6) is -0.276. The van der Waals surface area contributed by atoms with Crippen molar-refractivity contribution in [3.05, 3.63) is 0 Å². The molecule has 0 aliphatic carbocycles. The number of hydrogen-bond donors (Lipinski definition) is 4. The van der Waals surface area contributed by atoms with Gasteiger partial charge >= 0.3 is 0 Å². The van der Waals surface area contributed by atoms with E-state index in [2.05, 4.69) is 19.2 Å². The number of nitrogens with one attached hydrogen (secondary N) is 1. The van der Waals surface area contributed by atoms with Gasteiger partial charge in [0.25, 0.3) is 0 Å². The lowest BCUT2D eigenvalue weighted by molar-refractivity contribution is -0.125. The molecule has 0 aromatic carbocycles. The van der Waals surface area contributed by atoms with Crippen molar-refractivity contribution in [2.24, 2.45) is 0 Å². The Balaban J connectivity index is 3.52. The lowest BCUT2D eigenvalue weighted by Crippen LogP contribution is -2.46. The maximum atomic E-state index is 12.5. The summed E-state index contributed by atoms with van der Waals surface area (Å²) >= 11 is 0. The van der Waals surface area contributed by atoms with Gasteiger partial charge in [-0.2, -0.15) is 0 Å². The van der Waals surface area contributed by atoms with Crippen LogP contribution >= 0.6 is 0 Å². The third-order valence-corrected chi connectivity index (χ3v) is 12.2. The average molecular weight is 780 g/mol. The zero-order valence-electron chi connectivity index (χ0n) is 37.6. The molecule has 0 aliphatic heterocycles. The van der Waals surface area contributed by atoms with E-state index in [1.165, 1.54) is 231 Å². The molecule has 5 nitrogen and oxygen atoms in total. The lowest BCUT2D eigenvalue weighted by Gasteiger charge is -2.23. The van der Waals surface area contributed by atoms with Gasteiger partial charge in [-0.15, -0.1) is 0 Å². The Bertz CT molecular complexity index is 733. The van der Waals surface area contributed by atoms with Crippen LogP contribution in [-0.2, 0) is 4.79 Å². The van der Waals surface area contributed by atoms with Crippen LogP contribution < -0.4 is 5.32 Å². The third kappa shape index (κ3) is 42.8. The summed E-state index contributed by atoms with van der Waals surface area (Å²) in [6.45, 7) is 4.30. The normalized spacial score (nSPS) is 13.3. The predicted molar refractivity (Wildman–Crippen MR) is 241 cm³/mol. The van der Waals surface area contributed by atoms with E-state index in [-0.39, 0.29) is 18.9 Å². The fourth-order valence-corrected chi connectivity index (χ4v) is 8.29. The number of rotatable bonds is 47. The summed E-state index contributed by atoms with van der Waals surface area (Å²) in [6.07, 6.45) is 53.8. The molecule has 0 radical (unpaired) electrons. The summed E-state index contributed by atoms with van der Waals surface area (Å²) in [7, 11) is 0. The van der Waals surface area contributed by atoms with Crippen LogP contribution in [-0.4, -0.2) is 46.1 Å². The summed E-state index contributed by atoms with van der Waals surface area (Å²) in [5, 5.41) is 33.5. The number of unbranched alkanes of at least 4 members (excludes halogenated alkanes) is 38. The molecule has 0 aliphatic rings.